The fourth-order valence-electron chi connectivity index (χ4n) is 3.01. The lowest BCUT2D eigenvalue weighted by Crippen LogP contribution is -2.32. The SMILES string of the molecule is Cc1ccc(S(=O)(=O)N(CCCC(=O)O)c2cccc3ccccc23)cc1. The maximum Gasteiger partial charge on any atom is 0.303 e. The van der Waals surface area contributed by atoms with E-state index in [1.165, 1.54) is 4.31 Å². The van der Waals surface area contributed by atoms with Crippen molar-refractivity contribution in [3.05, 3.63) is 72.3 Å². The maximum absolute atomic E-state index is 13.3. The van der Waals surface area contributed by atoms with Crippen LogP contribution in [0.2, 0.25) is 0 Å². The van der Waals surface area contributed by atoms with E-state index in [0.29, 0.717) is 5.69 Å². The Kier molecular flexibility index (Phi) is 5.46. The number of fused-ring (bicyclic) bond motifs is 1. The Labute approximate surface area is 158 Å². The molecule has 1 N–H and O–H groups in total. The van der Waals surface area contributed by atoms with E-state index < -0.39 is 16.0 Å². The van der Waals surface area contributed by atoms with Gasteiger partial charge in [0, 0.05) is 18.4 Å². The Bertz CT molecular complexity index is 1050. The molecule has 3 aromatic carbocycles. The number of hydrogen-bond acceptors (Lipinski definition) is 3. The number of nitrogens with zero attached hydrogens (tertiary/aromatic N) is 1. The van der Waals surface area contributed by atoms with E-state index in [1.807, 2.05) is 43.3 Å². The van der Waals surface area contributed by atoms with Crippen LogP contribution in [0.1, 0.15) is 18.4 Å². The van der Waals surface area contributed by atoms with E-state index in [2.05, 4.69) is 0 Å². The summed E-state index contributed by atoms with van der Waals surface area (Å²) in [7, 11) is -3.82. The van der Waals surface area contributed by atoms with Crippen molar-refractivity contribution in [2.24, 2.45) is 0 Å². The Morgan fingerprint density at radius 1 is 0.963 bits per heavy atom. The van der Waals surface area contributed by atoms with Crippen molar-refractivity contribution in [1.29, 1.82) is 0 Å². The van der Waals surface area contributed by atoms with Crippen molar-refractivity contribution in [3.8, 4) is 0 Å². The molecule has 3 aromatic rings. The first-order chi connectivity index (χ1) is 12.9. The molecule has 0 aliphatic heterocycles. The molecule has 0 spiro atoms. The topological polar surface area (TPSA) is 74.7 Å². The highest BCUT2D eigenvalue weighted by atomic mass is 32.2. The molecule has 0 aliphatic rings. The van der Waals surface area contributed by atoms with Crippen LogP contribution in [0.3, 0.4) is 0 Å². The number of aryl methyl sites for hydroxylation is 1. The zero-order valence-corrected chi connectivity index (χ0v) is 15.8. The van der Waals surface area contributed by atoms with Gasteiger partial charge in [-0.05, 0) is 36.9 Å². The number of sulfonamides is 1. The van der Waals surface area contributed by atoms with Gasteiger partial charge in [-0.1, -0.05) is 54.1 Å². The van der Waals surface area contributed by atoms with Gasteiger partial charge in [0.25, 0.3) is 10.0 Å². The lowest BCUT2D eigenvalue weighted by Gasteiger charge is -2.26. The van der Waals surface area contributed by atoms with Crippen molar-refractivity contribution in [3.63, 3.8) is 0 Å². The molecule has 0 heterocycles. The highest BCUT2D eigenvalue weighted by Gasteiger charge is 2.26. The second kappa shape index (κ2) is 7.80. The first kappa shape index (κ1) is 18.9. The summed E-state index contributed by atoms with van der Waals surface area (Å²) in [6.45, 7) is 1.99. The maximum atomic E-state index is 13.3. The normalized spacial score (nSPS) is 11.4. The summed E-state index contributed by atoms with van der Waals surface area (Å²) in [6, 6.07) is 19.7. The van der Waals surface area contributed by atoms with Gasteiger partial charge >= 0.3 is 5.97 Å². The second-order valence-electron chi connectivity index (χ2n) is 6.39. The Morgan fingerprint density at radius 3 is 2.33 bits per heavy atom. The number of anilines is 1. The number of carbonyl (C=O) groups is 1. The first-order valence-corrected chi connectivity index (χ1v) is 10.1. The average molecular weight is 383 g/mol. The highest BCUT2D eigenvalue weighted by Crippen LogP contribution is 2.31. The predicted octanol–water partition coefficient (Wildman–Crippen LogP) is 4.21. The summed E-state index contributed by atoms with van der Waals surface area (Å²) in [5.41, 5.74) is 1.52. The molecule has 6 heteroatoms. The molecule has 0 saturated carbocycles. The zero-order chi connectivity index (χ0) is 19.4. The summed E-state index contributed by atoms with van der Waals surface area (Å²) in [4.78, 5) is 11.1. The smallest absolute Gasteiger partial charge is 0.303 e. The number of aliphatic carboxylic acids is 1. The van der Waals surface area contributed by atoms with Gasteiger partial charge in [0.15, 0.2) is 0 Å². The van der Waals surface area contributed by atoms with Gasteiger partial charge in [0.05, 0.1) is 10.6 Å². The molecular weight excluding hydrogens is 362 g/mol. The van der Waals surface area contributed by atoms with E-state index in [-0.39, 0.29) is 24.3 Å². The number of hydrogen-bond donors (Lipinski definition) is 1. The molecule has 140 valence electrons. The molecule has 0 aliphatic carbocycles. The molecule has 0 saturated heterocycles. The summed E-state index contributed by atoms with van der Waals surface area (Å²) in [5.74, 6) is -0.944. The summed E-state index contributed by atoms with van der Waals surface area (Å²) in [6.07, 6.45) is 0.133. The van der Waals surface area contributed by atoms with Crippen molar-refractivity contribution in [2.75, 3.05) is 10.8 Å². The minimum Gasteiger partial charge on any atom is -0.481 e. The summed E-state index contributed by atoms with van der Waals surface area (Å²) < 4.78 is 28.0. The highest BCUT2D eigenvalue weighted by molar-refractivity contribution is 7.92. The third-order valence-electron chi connectivity index (χ3n) is 4.40. The van der Waals surface area contributed by atoms with E-state index in [9.17, 15) is 13.2 Å². The van der Waals surface area contributed by atoms with Gasteiger partial charge in [-0.15, -0.1) is 0 Å². The molecule has 0 aromatic heterocycles. The Balaban J connectivity index is 2.10. The van der Waals surface area contributed by atoms with E-state index in [0.717, 1.165) is 16.3 Å². The quantitative estimate of drug-likeness (QED) is 0.663. The number of rotatable bonds is 7. The largest absolute Gasteiger partial charge is 0.481 e. The van der Waals surface area contributed by atoms with Crippen molar-refractivity contribution >= 4 is 32.5 Å². The zero-order valence-electron chi connectivity index (χ0n) is 15.0. The molecular formula is C21H21NO4S. The third kappa shape index (κ3) is 4.11. The van der Waals surface area contributed by atoms with Crippen LogP contribution < -0.4 is 4.31 Å². The van der Waals surface area contributed by atoms with E-state index in [1.54, 1.807) is 30.3 Å². The lowest BCUT2D eigenvalue weighted by atomic mass is 10.1. The average Bonchev–Trinajstić information content (AvgIpc) is 2.65. The minimum absolute atomic E-state index is 0.0926. The number of carboxylic acid groups (broad SMARTS) is 1. The lowest BCUT2D eigenvalue weighted by molar-refractivity contribution is -0.137. The van der Waals surface area contributed by atoms with Gasteiger partial charge in [-0.3, -0.25) is 9.10 Å². The molecule has 0 bridgehead atoms. The van der Waals surface area contributed by atoms with Gasteiger partial charge in [-0.2, -0.15) is 0 Å². The first-order valence-electron chi connectivity index (χ1n) is 8.68. The minimum atomic E-state index is -3.82. The van der Waals surface area contributed by atoms with Crippen LogP contribution in [0.4, 0.5) is 5.69 Å². The van der Waals surface area contributed by atoms with Crippen molar-refractivity contribution in [2.45, 2.75) is 24.7 Å². The van der Waals surface area contributed by atoms with Crippen LogP contribution >= 0.6 is 0 Å². The summed E-state index contributed by atoms with van der Waals surface area (Å²) in [5, 5.41) is 10.7. The molecule has 0 unspecified atom stereocenters. The second-order valence-corrected chi connectivity index (χ2v) is 8.25. The van der Waals surface area contributed by atoms with Gasteiger partial charge in [0.1, 0.15) is 0 Å². The third-order valence-corrected chi connectivity index (χ3v) is 6.22. The molecule has 5 nitrogen and oxygen atoms in total. The van der Waals surface area contributed by atoms with Gasteiger partial charge in [-0.25, -0.2) is 8.42 Å². The molecule has 0 fully saturated rings. The van der Waals surface area contributed by atoms with Crippen LogP contribution in [0.15, 0.2) is 71.6 Å². The number of benzene rings is 3. The Hall–Kier alpha value is -2.86. The fourth-order valence-corrected chi connectivity index (χ4v) is 4.53. The van der Waals surface area contributed by atoms with Gasteiger partial charge in [0.2, 0.25) is 0 Å². The van der Waals surface area contributed by atoms with E-state index in [4.69, 9.17) is 5.11 Å². The van der Waals surface area contributed by atoms with Crippen LogP contribution in [-0.2, 0) is 14.8 Å². The molecule has 0 atom stereocenters. The fraction of sp³-hybridized carbons (Fsp3) is 0.190. The van der Waals surface area contributed by atoms with Crippen molar-refractivity contribution in [1.82, 2.24) is 0 Å². The van der Waals surface area contributed by atoms with Crippen LogP contribution in [0.25, 0.3) is 10.8 Å². The van der Waals surface area contributed by atoms with Crippen LogP contribution in [0.5, 0.6) is 0 Å². The molecule has 0 amide bonds. The van der Waals surface area contributed by atoms with Crippen LogP contribution in [-0.4, -0.2) is 26.0 Å². The molecule has 0 radical (unpaired) electrons. The van der Waals surface area contributed by atoms with Crippen LogP contribution in [0, 0.1) is 6.92 Å². The molecule has 3 rings (SSSR count). The standard InChI is InChI=1S/C21H21NO4S/c1-16-11-13-18(14-12-16)27(25,26)22(15-5-10-21(23)24)20-9-4-7-17-6-2-3-8-19(17)20/h2-4,6-9,11-14H,5,10,15H2,1H3,(H,23,24). The van der Waals surface area contributed by atoms with E-state index >= 15 is 0 Å². The summed E-state index contributed by atoms with van der Waals surface area (Å²) >= 11 is 0. The monoisotopic (exact) mass is 383 g/mol. The number of carboxylic acids is 1. The van der Waals surface area contributed by atoms with Gasteiger partial charge < -0.3 is 5.11 Å². The Morgan fingerprint density at radius 2 is 1.63 bits per heavy atom. The molecule has 27 heavy (non-hydrogen) atoms. The van der Waals surface area contributed by atoms with Crippen molar-refractivity contribution < 1.29 is 18.3 Å². The predicted molar refractivity (Wildman–Crippen MR) is 107 cm³/mol.